The van der Waals surface area contributed by atoms with Crippen molar-refractivity contribution in [1.82, 2.24) is 19.5 Å². The molecule has 9 heteroatoms. The van der Waals surface area contributed by atoms with Gasteiger partial charge in [-0.3, -0.25) is 0 Å². The van der Waals surface area contributed by atoms with Gasteiger partial charge in [-0.1, -0.05) is 35.5 Å². The molecule has 1 aliphatic carbocycles. The van der Waals surface area contributed by atoms with Gasteiger partial charge in [0.15, 0.2) is 33.6 Å². The minimum atomic E-state index is 0.365. The predicted molar refractivity (Wildman–Crippen MR) is 124 cm³/mol. The second kappa shape index (κ2) is 9.20. The number of anilines is 1. The van der Waals surface area contributed by atoms with E-state index in [0.29, 0.717) is 35.0 Å². The van der Waals surface area contributed by atoms with Crippen LogP contribution in [0.1, 0.15) is 24.8 Å². The number of fused-ring (bicyclic) bond motifs is 1. The molecule has 0 saturated carbocycles. The fourth-order valence-corrected chi connectivity index (χ4v) is 4.82. The molecule has 0 unspecified atom stereocenters. The second-order valence-corrected chi connectivity index (χ2v) is 8.58. The van der Waals surface area contributed by atoms with Crippen molar-refractivity contribution in [3.63, 3.8) is 0 Å². The highest BCUT2D eigenvalue weighted by Gasteiger charge is 2.19. The molecule has 0 amide bonds. The molecule has 0 aliphatic heterocycles. The fourth-order valence-electron chi connectivity index (χ4n) is 3.53. The zero-order valence-electron chi connectivity index (χ0n) is 17.7. The van der Waals surface area contributed by atoms with Crippen molar-refractivity contribution >= 4 is 40.3 Å². The van der Waals surface area contributed by atoms with Gasteiger partial charge in [-0.2, -0.15) is 0 Å². The summed E-state index contributed by atoms with van der Waals surface area (Å²) in [6, 6.07) is 3.92. The normalized spacial score (nSPS) is 13.8. The van der Waals surface area contributed by atoms with Crippen molar-refractivity contribution < 1.29 is 9.47 Å². The summed E-state index contributed by atoms with van der Waals surface area (Å²) >= 11 is 7.95. The molecule has 1 aliphatic rings. The molecule has 162 valence electrons. The number of hydrogen-bond donors (Lipinski definition) is 1. The van der Waals surface area contributed by atoms with Crippen molar-refractivity contribution in [2.75, 3.05) is 20.0 Å². The number of allylic oxidation sites excluding steroid dienone is 4. The van der Waals surface area contributed by atoms with E-state index >= 15 is 0 Å². The molecule has 0 atom stereocenters. The fraction of sp³-hybridized carbons (Fsp3) is 0.318. The van der Waals surface area contributed by atoms with Crippen LogP contribution < -0.4 is 15.2 Å². The molecule has 3 aromatic rings. The van der Waals surface area contributed by atoms with Gasteiger partial charge in [-0.15, -0.1) is 0 Å². The second-order valence-electron chi connectivity index (χ2n) is 7.16. The third-order valence-corrected chi connectivity index (χ3v) is 6.75. The smallest absolute Gasteiger partial charge is 0.175 e. The Labute approximate surface area is 190 Å². The van der Waals surface area contributed by atoms with Gasteiger partial charge in [0, 0.05) is 16.5 Å². The number of methoxy groups -OCH3 is 2. The lowest BCUT2D eigenvalue weighted by Crippen LogP contribution is -2.04. The van der Waals surface area contributed by atoms with Crippen molar-refractivity contribution in [2.45, 2.75) is 42.8 Å². The first-order chi connectivity index (χ1) is 15.0. The molecule has 1 aromatic carbocycles. The molecule has 7 nitrogen and oxygen atoms in total. The summed E-state index contributed by atoms with van der Waals surface area (Å²) in [5, 5.41) is 1.61. The number of nitrogens with two attached hydrogens (primary N) is 1. The van der Waals surface area contributed by atoms with Crippen LogP contribution in [0.5, 0.6) is 11.5 Å². The van der Waals surface area contributed by atoms with Crippen LogP contribution in [0, 0.1) is 6.92 Å². The highest BCUT2D eigenvalue weighted by molar-refractivity contribution is 7.99. The van der Waals surface area contributed by atoms with Gasteiger partial charge in [0.2, 0.25) is 0 Å². The van der Waals surface area contributed by atoms with E-state index < -0.39 is 0 Å². The molecule has 0 bridgehead atoms. The Balaban J connectivity index is 1.72. The first-order valence-corrected chi connectivity index (χ1v) is 11.1. The topological polar surface area (TPSA) is 88.1 Å². The van der Waals surface area contributed by atoms with E-state index in [1.54, 1.807) is 14.2 Å². The number of ether oxygens (including phenoxy) is 2. The predicted octanol–water partition coefficient (Wildman–Crippen LogP) is 5.12. The Morgan fingerprint density at radius 1 is 1.13 bits per heavy atom. The van der Waals surface area contributed by atoms with Gasteiger partial charge in [0.25, 0.3) is 0 Å². The monoisotopic (exact) mass is 457 g/mol. The molecule has 0 radical (unpaired) electrons. The first-order valence-electron chi connectivity index (χ1n) is 9.94. The summed E-state index contributed by atoms with van der Waals surface area (Å²) in [6.45, 7) is 2.71. The molecule has 31 heavy (non-hydrogen) atoms. The number of halogens is 1. The average molecular weight is 458 g/mol. The minimum Gasteiger partial charge on any atom is -0.493 e. The zero-order valence-corrected chi connectivity index (χ0v) is 19.3. The van der Waals surface area contributed by atoms with E-state index in [1.807, 2.05) is 19.1 Å². The highest BCUT2D eigenvalue weighted by atomic mass is 35.5. The zero-order chi connectivity index (χ0) is 22.0. The molecule has 0 spiro atoms. The van der Waals surface area contributed by atoms with Crippen LogP contribution in [0.2, 0.25) is 0 Å². The van der Waals surface area contributed by atoms with E-state index in [0.717, 1.165) is 45.5 Å². The number of hydrogen-bond acceptors (Lipinski definition) is 7. The summed E-state index contributed by atoms with van der Waals surface area (Å²) in [5.41, 5.74) is 9.61. The Bertz CT molecular complexity index is 1190. The molecule has 2 N–H and O–H groups in total. The maximum atomic E-state index is 6.41. The van der Waals surface area contributed by atoms with Crippen LogP contribution in [0.4, 0.5) is 5.82 Å². The van der Waals surface area contributed by atoms with Crippen molar-refractivity contribution in [3.05, 3.63) is 46.8 Å². The van der Waals surface area contributed by atoms with Gasteiger partial charge >= 0.3 is 0 Å². The molecular formula is C22H24ClN5O2S. The van der Waals surface area contributed by atoms with Crippen molar-refractivity contribution in [2.24, 2.45) is 0 Å². The van der Waals surface area contributed by atoms with Gasteiger partial charge < -0.3 is 19.8 Å². The number of rotatable bonds is 7. The summed E-state index contributed by atoms with van der Waals surface area (Å²) in [6.07, 6.45) is 8.53. The molecule has 4 rings (SSSR count). The largest absolute Gasteiger partial charge is 0.493 e. The molecule has 2 aromatic heterocycles. The van der Waals surface area contributed by atoms with E-state index in [-0.39, 0.29) is 0 Å². The number of aryl methyl sites for hydroxylation is 2. The maximum Gasteiger partial charge on any atom is 0.175 e. The summed E-state index contributed by atoms with van der Waals surface area (Å²) < 4.78 is 13.0. The Kier molecular flexibility index (Phi) is 6.38. The van der Waals surface area contributed by atoms with Crippen molar-refractivity contribution in [3.8, 4) is 11.5 Å². The standard InChI is InChI=1S/C22H24ClN5O2S/c1-13-10-16(29-2)17(30-3)11-18(13)31-22-27-19-20(24)25-12-26-21(19)28(22)9-8-14-6-4-5-7-15(14)23/h6-7,10-12H,4-5,8-9H2,1-3H3,(H2,24,25,26). The van der Waals surface area contributed by atoms with Crippen LogP contribution in [-0.2, 0) is 6.54 Å². The Morgan fingerprint density at radius 3 is 2.61 bits per heavy atom. The number of imidazole rings is 1. The van der Waals surface area contributed by atoms with E-state index in [2.05, 4.69) is 26.7 Å². The van der Waals surface area contributed by atoms with Gasteiger partial charge in [-0.25, -0.2) is 15.0 Å². The summed E-state index contributed by atoms with van der Waals surface area (Å²) in [5.74, 6) is 1.73. The third-order valence-electron chi connectivity index (χ3n) is 5.20. The number of benzene rings is 1. The third kappa shape index (κ3) is 4.36. The summed E-state index contributed by atoms with van der Waals surface area (Å²) in [4.78, 5) is 14.3. The van der Waals surface area contributed by atoms with E-state index in [4.69, 9.17) is 31.8 Å². The molecular weight excluding hydrogens is 434 g/mol. The SMILES string of the molecule is COc1cc(C)c(Sc2nc3c(N)ncnc3n2CCC2=CCCC=C2Cl)cc1OC. The number of nitrogen functional groups attached to an aromatic ring is 1. The lowest BCUT2D eigenvalue weighted by Gasteiger charge is -2.15. The minimum absolute atomic E-state index is 0.365. The Morgan fingerprint density at radius 2 is 1.87 bits per heavy atom. The van der Waals surface area contributed by atoms with E-state index in [9.17, 15) is 0 Å². The number of nitrogens with zero attached hydrogens (tertiary/aromatic N) is 4. The van der Waals surface area contributed by atoms with Gasteiger partial charge in [0.1, 0.15) is 6.33 Å². The maximum absolute atomic E-state index is 6.41. The molecule has 0 fully saturated rings. The molecule has 0 saturated heterocycles. The van der Waals surface area contributed by atoms with Gasteiger partial charge in [-0.05, 0) is 49.5 Å². The highest BCUT2D eigenvalue weighted by Crippen LogP contribution is 2.39. The van der Waals surface area contributed by atoms with Crippen LogP contribution in [0.25, 0.3) is 11.2 Å². The van der Waals surface area contributed by atoms with Crippen LogP contribution in [0.3, 0.4) is 0 Å². The van der Waals surface area contributed by atoms with Gasteiger partial charge in [0.05, 0.1) is 14.2 Å². The lowest BCUT2D eigenvalue weighted by atomic mass is 10.0. The van der Waals surface area contributed by atoms with Crippen molar-refractivity contribution in [1.29, 1.82) is 0 Å². The van der Waals surface area contributed by atoms with Crippen LogP contribution in [0.15, 0.2) is 51.3 Å². The van der Waals surface area contributed by atoms with E-state index in [1.165, 1.54) is 18.1 Å². The van der Waals surface area contributed by atoms with Crippen LogP contribution >= 0.6 is 23.4 Å². The number of aromatic nitrogens is 4. The lowest BCUT2D eigenvalue weighted by molar-refractivity contribution is 0.353. The first kappa shape index (κ1) is 21.5. The molecule has 2 heterocycles. The quantitative estimate of drug-likeness (QED) is 0.526. The Hall–Kier alpha value is -2.71. The summed E-state index contributed by atoms with van der Waals surface area (Å²) in [7, 11) is 3.26. The average Bonchev–Trinajstić information content (AvgIpc) is 3.12. The van der Waals surface area contributed by atoms with Crippen LogP contribution in [-0.4, -0.2) is 33.7 Å².